The molecule has 8 spiro atoms. The maximum absolute atomic E-state index is 12.8. The average Bonchev–Trinajstić information content (AvgIpc) is 1.58. The maximum atomic E-state index is 12.8. The van der Waals surface area contributed by atoms with Crippen molar-refractivity contribution in [2.75, 3.05) is 124 Å². The zero-order chi connectivity index (χ0) is 103. The van der Waals surface area contributed by atoms with Crippen molar-refractivity contribution in [3.63, 3.8) is 0 Å². The molecule has 8 atom stereocenters. The fourth-order valence-electron chi connectivity index (χ4n) is 22.3. The molecule has 0 unspecified atom stereocenters. The van der Waals surface area contributed by atoms with Crippen LogP contribution < -0.4 is 18.9 Å². The van der Waals surface area contributed by atoms with Crippen molar-refractivity contribution >= 4 is 44.6 Å². The van der Waals surface area contributed by atoms with Gasteiger partial charge in [-0.25, -0.2) is 4.98 Å². The van der Waals surface area contributed by atoms with Gasteiger partial charge in [-0.15, -0.1) is 13.2 Å². The van der Waals surface area contributed by atoms with E-state index in [4.69, 9.17) is 90.0 Å². The van der Waals surface area contributed by atoms with Crippen molar-refractivity contribution in [3.8, 4) is 23.1 Å². The van der Waals surface area contributed by atoms with Crippen LogP contribution in [0.5, 0.6) is 23.1 Å². The Morgan fingerprint density at radius 3 is 0.966 bits per heavy atom. The summed E-state index contributed by atoms with van der Waals surface area (Å²) >= 11 is 0. The van der Waals surface area contributed by atoms with Gasteiger partial charge in [0, 0.05) is 121 Å². The number of methoxy groups -OCH3 is 10. The molecule has 146 heavy (non-hydrogen) atoms. The summed E-state index contributed by atoms with van der Waals surface area (Å²) in [5.74, 6) is 10.0. The Bertz CT molecular complexity index is 6120. The van der Waals surface area contributed by atoms with E-state index in [0.29, 0.717) is 30.2 Å². The zero-order valence-corrected chi connectivity index (χ0v) is 86.2. The van der Waals surface area contributed by atoms with Crippen LogP contribution in [-0.4, -0.2) is 201 Å². The molecule has 16 aliphatic rings. The summed E-state index contributed by atoms with van der Waals surface area (Å²) in [5.41, 5.74) is 16.0. The van der Waals surface area contributed by atoms with Crippen molar-refractivity contribution in [3.05, 3.63) is 278 Å². The minimum atomic E-state index is -4.70. The first-order chi connectivity index (χ1) is 70.5. The molecule has 0 amide bonds. The van der Waals surface area contributed by atoms with Crippen molar-refractivity contribution < 1.29 is 121 Å². The minimum Gasteiger partial charge on any atom is -0.501 e. The van der Waals surface area contributed by atoms with Gasteiger partial charge in [-0.3, -0.25) is 9.67 Å². The molecule has 5 aromatic carbocycles. The number of nitrogens with zero attached hydrogens (tertiary/aromatic N) is 4. The highest BCUT2D eigenvalue weighted by molar-refractivity contribution is 5.83. The first-order valence-electron chi connectivity index (χ1n) is 50.8. The number of ether oxygens (including phenoxy) is 20. The standard InChI is InChI=1S/C17H22O3.C15H15F3O3.C15H15F3O2.C15H18O3.C15H18O2.C14H17NO3.C13H15NO2.C12H16N2O2/c1-12(2)20-14-7-4-6-13(10-14)16-15(18-3)8-5-9-17(16)11-19-17;1-19-12-6-3-7-14(9-20-14)13(12)10-4-2-5-11(8-10)21-15(16,17)18;1-19-12-6-3-7-14(9-20-14)13(12)10-4-2-5-11(8-10)15(16,17)18;1-16-12-6-3-5-11(9-12)14-13(17-2)7-4-8-15(14)10-18-15;1-11-5-3-6-12(9-11)14-13(16-2)7-4-8-15(14)10-17-15;1-16-11-6-4-8-14(9-18-14)13(11)10-5-3-7-12(15-10)17-2;1-15-11-6-4-7-13(9-16-13)12(11)10-5-2-3-8-14-10;1-14-9(5-7-13-14)11-10(15-2)4-3-6-12(11)8-16-12/h4,6-7,10,12H,5,8-9,11H2,1-3H3;2,4-5,8H,3,6-7,9H2,1H3;2,4-5,8H,3,6-7,9H2,1H3;3,5-6,9H,4,7-8,10H2,1-2H3;3,5-6,9H,4,7-8,10H2,1-2H3;3,5,7H,4,6,8-9H2,1-2H3;2-3,5,8H,4,6-7,9H2,1H3;5,7H,3-4,6,8H2,1-2H3/t17-;2*14-;2*15-;14-;13-;12-/m00000000/s1. The summed E-state index contributed by atoms with van der Waals surface area (Å²) in [4.78, 5) is 8.93. The van der Waals surface area contributed by atoms with Crippen molar-refractivity contribution in [1.82, 2.24) is 19.7 Å². The second-order valence-electron chi connectivity index (χ2n) is 39.7. The Hall–Kier alpha value is -11.6. The van der Waals surface area contributed by atoms with Crippen LogP contribution in [-0.2, 0) is 89.0 Å². The summed E-state index contributed by atoms with van der Waals surface area (Å²) in [6.07, 6.45) is 19.2. The second-order valence-corrected chi connectivity index (χ2v) is 39.7. The predicted octanol–water partition coefficient (Wildman–Crippen LogP) is 24.5. The monoisotopic (exact) mass is 2020 g/mol. The van der Waals surface area contributed by atoms with E-state index in [1.54, 1.807) is 89.3 Å². The normalized spacial score (nSPS) is 26.6. The van der Waals surface area contributed by atoms with E-state index in [1.807, 2.05) is 105 Å². The van der Waals surface area contributed by atoms with Gasteiger partial charge in [0.25, 0.3) is 0 Å². The van der Waals surface area contributed by atoms with E-state index in [1.165, 1.54) is 69.7 Å². The van der Waals surface area contributed by atoms with Crippen LogP contribution in [0.25, 0.3) is 44.6 Å². The molecule has 11 heterocycles. The average molecular weight is 2020 g/mol. The number of aryl methyl sites for hydroxylation is 2. The summed E-state index contributed by atoms with van der Waals surface area (Å²) in [7, 11) is 18.9. The first-order valence-corrected chi connectivity index (χ1v) is 50.8. The number of epoxide rings is 8. The molecule has 24 rings (SSSR count). The largest absolute Gasteiger partial charge is 0.573 e. The Labute approximate surface area is 851 Å². The third kappa shape index (κ3) is 23.9. The van der Waals surface area contributed by atoms with Crippen LogP contribution in [0.1, 0.15) is 224 Å². The molecule has 8 aromatic rings. The highest BCUT2D eigenvalue weighted by atomic mass is 19.4. The lowest BCUT2D eigenvalue weighted by Crippen LogP contribution is -2.22. The van der Waals surface area contributed by atoms with Crippen LogP contribution >= 0.6 is 0 Å². The van der Waals surface area contributed by atoms with Crippen LogP contribution in [0.15, 0.2) is 222 Å². The molecule has 0 saturated carbocycles. The minimum absolute atomic E-state index is 0.0304. The molecule has 8 saturated heterocycles. The van der Waals surface area contributed by atoms with E-state index in [2.05, 4.69) is 75.3 Å². The topological polar surface area (TPSA) is 255 Å². The summed E-state index contributed by atoms with van der Waals surface area (Å²) in [6.45, 7) is 12.2. The van der Waals surface area contributed by atoms with Crippen molar-refractivity contribution in [2.24, 2.45) is 7.05 Å². The SMILES string of the molecule is COC1=C(c2cccc(C(F)(F)F)c2)[C@]2(CCC1)CO2.COC1=C(c2cccc(C)c2)[C@]2(CCC1)CO2.COC1=C(c2cccc(OC(C)C)c2)[C@]2(CCC1)CO2.COC1=C(c2cccc(OC(F)(F)F)c2)[C@]2(CCC1)CO2.COC1=C(c2cccc(OC)c2)[C@]2(CCC1)CO2.COC1=C(c2cccc(OC)n2)[C@]2(CCC1)CO2.COC1=C(c2ccccn2)[C@]2(CCC1)CO2.COC1=C(c2ccnn2C)[C@]2(CCC1)CO2. The number of allylic oxidation sites excluding steroid dienone is 8. The number of pyridine rings is 2. The number of alkyl halides is 6. The van der Waals surface area contributed by atoms with Gasteiger partial charge in [0.05, 0.1) is 153 Å². The van der Waals surface area contributed by atoms with Crippen LogP contribution in [0.3, 0.4) is 0 Å². The Kier molecular flexibility index (Phi) is 32.5. The molecule has 782 valence electrons. The maximum Gasteiger partial charge on any atom is 0.573 e. The molecular formula is C116H136F6N4O20. The molecule has 0 bridgehead atoms. The third-order valence-electron chi connectivity index (χ3n) is 29.8. The quantitative estimate of drug-likeness (QED) is 0.0478. The zero-order valence-electron chi connectivity index (χ0n) is 86.2. The van der Waals surface area contributed by atoms with Gasteiger partial charge in [-0.2, -0.15) is 18.3 Å². The Morgan fingerprint density at radius 2 is 0.630 bits per heavy atom. The summed E-state index contributed by atoms with van der Waals surface area (Å²) in [6, 6.07) is 50.2. The van der Waals surface area contributed by atoms with Gasteiger partial charge < -0.3 is 94.7 Å². The van der Waals surface area contributed by atoms with Gasteiger partial charge in [0.15, 0.2) is 0 Å². The summed E-state index contributed by atoms with van der Waals surface area (Å²) < 4.78 is 187. The second kappa shape index (κ2) is 44.8. The fraction of sp³-hybridized carbons (Fsp3) is 0.491. The Morgan fingerprint density at radius 1 is 0.315 bits per heavy atom. The van der Waals surface area contributed by atoms with E-state index in [9.17, 15) is 26.3 Å². The molecule has 24 nitrogen and oxygen atoms in total. The van der Waals surface area contributed by atoms with Gasteiger partial charge >= 0.3 is 12.5 Å². The molecule has 0 N–H and O–H groups in total. The highest BCUT2D eigenvalue weighted by Gasteiger charge is 2.59. The van der Waals surface area contributed by atoms with Gasteiger partial charge in [0.1, 0.15) is 108 Å². The third-order valence-corrected chi connectivity index (χ3v) is 29.8. The number of rotatable bonds is 21. The van der Waals surface area contributed by atoms with Crippen LogP contribution in [0.4, 0.5) is 26.3 Å². The number of aromatic nitrogens is 4. The van der Waals surface area contributed by atoms with Gasteiger partial charge in [-0.1, -0.05) is 90.5 Å². The number of hydrogen-bond donors (Lipinski definition) is 0. The van der Waals surface area contributed by atoms with Crippen molar-refractivity contribution in [1.29, 1.82) is 0 Å². The number of halogens is 6. The molecule has 8 aliphatic carbocycles. The van der Waals surface area contributed by atoms with E-state index in [-0.39, 0.29) is 51.1 Å². The molecule has 0 radical (unpaired) electrons. The number of hydrogen-bond acceptors (Lipinski definition) is 23. The summed E-state index contributed by atoms with van der Waals surface area (Å²) in [5, 5.41) is 4.23. The van der Waals surface area contributed by atoms with Crippen LogP contribution in [0, 0.1) is 6.92 Å². The molecular weight excluding hydrogens is 1880 g/mol. The lowest BCUT2D eigenvalue weighted by molar-refractivity contribution is -0.274. The van der Waals surface area contributed by atoms with Crippen molar-refractivity contribution in [2.45, 2.75) is 238 Å². The van der Waals surface area contributed by atoms with E-state index < -0.39 is 23.7 Å². The number of benzene rings is 5. The van der Waals surface area contributed by atoms with Crippen LogP contribution in [0.2, 0.25) is 0 Å². The fourth-order valence-corrected chi connectivity index (χ4v) is 22.3. The molecule has 8 fully saturated rings. The lowest BCUT2D eigenvalue weighted by atomic mass is 9.82. The van der Waals surface area contributed by atoms with E-state index >= 15 is 0 Å². The molecule has 3 aromatic heterocycles. The van der Waals surface area contributed by atoms with E-state index in [0.717, 1.165) is 296 Å². The molecule has 30 heteroatoms. The predicted molar refractivity (Wildman–Crippen MR) is 541 cm³/mol. The first kappa shape index (κ1) is 106. The smallest absolute Gasteiger partial charge is 0.501 e. The highest BCUT2D eigenvalue weighted by Crippen LogP contribution is 2.59. The Balaban J connectivity index is 0.000000114. The van der Waals surface area contributed by atoms with Gasteiger partial charge in [-0.05, 0) is 224 Å². The molecule has 8 aliphatic heterocycles. The van der Waals surface area contributed by atoms with Gasteiger partial charge in [0.2, 0.25) is 5.88 Å². The lowest BCUT2D eigenvalue weighted by Gasteiger charge is -2.26.